The maximum atomic E-state index is 11.0. The highest BCUT2D eigenvalue weighted by atomic mass is 32.1. The van der Waals surface area contributed by atoms with E-state index in [0.717, 1.165) is 22.5 Å². The van der Waals surface area contributed by atoms with Gasteiger partial charge in [-0.2, -0.15) is 5.10 Å². The third kappa shape index (κ3) is 4.20. The highest BCUT2D eigenvalue weighted by Gasteiger charge is 2.11. The zero-order chi connectivity index (χ0) is 20.9. The van der Waals surface area contributed by atoms with E-state index in [1.165, 1.54) is 23.5 Å². The molecule has 0 saturated heterocycles. The second-order valence-electron chi connectivity index (χ2n) is 6.26. The molecule has 4 aromatic rings. The number of nitro benzene ring substituents is 1. The van der Waals surface area contributed by atoms with E-state index in [2.05, 4.69) is 15.0 Å². The lowest BCUT2D eigenvalue weighted by atomic mass is 10.1. The number of aromatic nitrogens is 3. The van der Waals surface area contributed by atoms with Crippen LogP contribution in [-0.4, -0.2) is 25.3 Å². The summed E-state index contributed by atoms with van der Waals surface area (Å²) < 4.78 is 1.74. The van der Waals surface area contributed by atoms with Crippen LogP contribution in [0.25, 0.3) is 11.3 Å². The molecule has 0 atom stereocenters. The minimum atomic E-state index is -0.416. The van der Waals surface area contributed by atoms with Gasteiger partial charge in [0.25, 0.3) is 5.69 Å². The van der Waals surface area contributed by atoms with Gasteiger partial charge in [0.05, 0.1) is 28.2 Å². The van der Waals surface area contributed by atoms with Crippen LogP contribution < -0.4 is 4.80 Å². The summed E-state index contributed by atoms with van der Waals surface area (Å²) in [6, 6.07) is 13.8. The molecular weight excluding hydrogens is 400 g/mol. The van der Waals surface area contributed by atoms with Gasteiger partial charge in [0.1, 0.15) is 0 Å². The third-order valence-electron chi connectivity index (χ3n) is 4.28. The maximum absolute atomic E-state index is 11.0. The predicted octanol–water partition coefficient (Wildman–Crippen LogP) is 4.42. The molecule has 0 aliphatic heterocycles. The topological polar surface area (TPSA) is 98.6 Å². The van der Waals surface area contributed by atoms with Crippen molar-refractivity contribution >= 4 is 28.4 Å². The Kier molecular flexibility index (Phi) is 5.53. The number of thiazole rings is 1. The molecule has 148 valence electrons. The Morgan fingerprint density at radius 3 is 2.50 bits per heavy atom. The van der Waals surface area contributed by atoms with Gasteiger partial charge in [0.2, 0.25) is 4.80 Å². The van der Waals surface area contributed by atoms with E-state index in [9.17, 15) is 10.1 Å². The van der Waals surface area contributed by atoms with Gasteiger partial charge >= 0.3 is 0 Å². The normalized spacial score (nSPS) is 12.2. The first-order chi connectivity index (χ1) is 14.6. The Bertz CT molecular complexity index is 1260. The third-order valence-corrected chi connectivity index (χ3v) is 5.09. The fourth-order valence-electron chi connectivity index (χ4n) is 2.76. The summed E-state index contributed by atoms with van der Waals surface area (Å²) in [6.45, 7) is 1.91. The van der Waals surface area contributed by atoms with Gasteiger partial charge in [-0.05, 0) is 43.3 Å². The lowest BCUT2D eigenvalue weighted by Crippen LogP contribution is -2.13. The number of hydrogen-bond acceptors (Lipinski definition) is 7. The first-order valence-corrected chi connectivity index (χ1v) is 9.86. The molecule has 0 aliphatic rings. The lowest BCUT2D eigenvalue weighted by Gasteiger charge is -2.06. The highest BCUT2D eigenvalue weighted by molar-refractivity contribution is 7.07. The summed E-state index contributed by atoms with van der Waals surface area (Å²) in [7, 11) is 0. The summed E-state index contributed by atoms with van der Waals surface area (Å²) in [5.41, 5.74) is 4.05. The smallest absolute Gasteiger partial charge is 0.265 e. The van der Waals surface area contributed by atoms with E-state index in [-0.39, 0.29) is 5.69 Å². The van der Waals surface area contributed by atoms with Crippen molar-refractivity contribution in [3.63, 3.8) is 0 Å². The average Bonchev–Trinajstić information content (AvgIpc) is 3.17. The number of nitro groups is 1. The van der Waals surface area contributed by atoms with Crippen LogP contribution in [0.1, 0.15) is 12.5 Å². The summed E-state index contributed by atoms with van der Waals surface area (Å²) in [4.78, 5) is 24.0. The summed E-state index contributed by atoms with van der Waals surface area (Å²) in [6.07, 6.45) is 6.79. The van der Waals surface area contributed by atoms with Crippen LogP contribution in [0.3, 0.4) is 0 Å². The summed E-state index contributed by atoms with van der Waals surface area (Å²) in [5.74, 6) is 0. The van der Waals surface area contributed by atoms with Gasteiger partial charge in [0, 0.05) is 47.2 Å². The van der Waals surface area contributed by atoms with E-state index in [0.29, 0.717) is 10.5 Å². The highest BCUT2D eigenvalue weighted by Crippen LogP contribution is 2.24. The van der Waals surface area contributed by atoms with E-state index in [1.54, 1.807) is 41.6 Å². The van der Waals surface area contributed by atoms with Gasteiger partial charge in [-0.25, -0.2) is 9.67 Å². The number of nitrogens with zero attached hydrogens (tertiary/aromatic N) is 6. The summed E-state index contributed by atoms with van der Waals surface area (Å²) in [5, 5.41) is 17.7. The van der Waals surface area contributed by atoms with Gasteiger partial charge in [-0.3, -0.25) is 20.1 Å². The Labute approximate surface area is 175 Å². The second-order valence-corrected chi connectivity index (χ2v) is 7.10. The molecule has 9 heteroatoms. The zero-order valence-corrected chi connectivity index (χ0v) is 16.7. The van der Waals surface area contributed by atoms with Crippen LogP contribution >= 0.6 is 11.3 Å². The van der Waals surface area contributed by atoms with E-state index < -0.39 is 4.92 Å². The fourth-order valence-corrected chi connectivity index (χ4v) is 3.61. The molecule has 0 bridgehead atoms. The largest absolute Gasteiger partial charge is 0.269 e. The number of pyridine rings is 2. The van der Waals surface area contributed by atoms with Crippen LogP contribution in [0.15, 0.2) is 88.8 Å². The molecule has 0 saturated carbocycles. The van der Waals surface area contributed by atoms with Crippen molar-refractivity contribution in [2.75, 3.05) is 0 Å². The van der Waals surface area contributed by atoms with Crippen molar-refractivity contribution in [2.45, 2.75) is 6.92 Å². The van der Waals surface area contributed by atoms with Crippen molar-refractivity contribution in [1.82, 2.24) is 14.6 Å². The average molecular weight is 416 g/mol. The van der Waals surface area contributed by atoms with Gasteiger partial charge in [-0.15, -0.1) is 11.3 Å². The SMILES string of the molecule is CC(=Nn1c(-c2ccc([N+](=O)[O-])cc2)csc1=Nc1cccnc1)c1ccncc1. The number of hydrogen-bond donors (Lipinski definition) is 0. The van der Waals surface area contributed by atoms with Crippen molar-refractivity contribution < 1.29 is 4.92 Å². The minimum Gasteiger partial charge on any atom is -0.265 e. The number of rotatable bonds is 5. The molecule has 0 spiro atoms. The van der Waals surface area contributed by atoms with E-state index in [1.807, 2.05) is 36.6 Å². The quantitative estimate of drug-likeness (QED) is 0.273. The van der Waals surface area contributed by atoms with Crippen LogP contribution in [-0.2, 0) is 0 Å². The number of benzene rings is 1. The molecule has 0 radical (unpaired) electrons. The molecule has 3 heterocycles. The second kappa shape index (κ2) is 8.58. The molecule has 0 amide bonds. The standard InChI is InChI=1S/C21H16N6O2S/c1-15(16-8-11-22-12-9-16)25-26-20(17-4-6-19(7-5-17)27(28)29)14-30-21(26)24-18-3-2-10-23-13-18/h2-14H,1H3. The van der Waals surface area contributed by atoms with Crippen molar-refractivity contribution in [1.29, 1.82) is 0 Å². The molecule has 0 aliphatic carbocycles. The Balaban J connectivity index is 1.87. The summed E-state index contributed by atoms with van der Waals surface area (Å²) >= 11 is 1.43. The van der Waals surface area contributed by atoms with Crippen LogP contribution in [0, 0.1) is 10.1 Å². The Morgan fingerprint density at radius 1 is 1.07 bits per heavy atom. The molecule has 1 aromatic carbocycles. The van der Waals surface area contributed by atoms with Crippen molar-refractivity contribution in [3.8, 4) is 11.3 Å². The first kappa shape index (κ1) is 19.3. The van der Waals surface area contributed by atoms with Crippen molar-refractivity contribution in [3.05, 3.63) is 99.2 Å². The van der Waals surface area contributed by atoms with Gasteiger partial charge < -0.3 is 0 Å². The molecule has 3 aromatic heterocycles. The Morgan fingerprint density at radius 2 is 1.83 bits per heavy atom. The Hall–Kier alpha value is -3.98. The number of non-ortho nitro benzene ring substituents is 1. The maximum Gasteiger partial charge on any atom is 0.269 e. The fraction of sp³-hybridized carbons (Fsp3) is 0.0476. The van der Waals surface area contributed by atoms with E-state index in [4.69, 9.17) is 5.10 Å². The molecule has 0 unspecified atom stereocenters. The van der Waals surface area contributed by atoms with Crippen LogP contribution in [0.4, 0.5) is 11.4 Å². The predicted molar refractivity (Wildman–Crippen MR) is 116 cm³/mol. The molecule has 0 N–H and O–H groups in total. The van der Waals surface area contributed by atoms with E-state index >= 15 is 0 Å². The first-order valence-electron chi connectivity index (χ1n) is 8.98. The van der Waals surface area contributed by atoms with Crippen LogP contribution in [0.5, 0.6) is 0 Å². The zero-order valence-electron chi connectivity index (χ0n) is 15.9. The molecular formula is C21H16N6O2S. The molecule has 8 nitrogen and oxygen atoms in total. The monoisotopic (exact) mass is 416 g/mol. The van der Waals surface area contributed by atoms with Crippen molar-refractivity contribution in [2.24, 2.45) is 10.1 Å². The molecule has 30 heavy (non-hydrogen) atoms. The minimum absolute atomic E-state index is 0.0391. The van der Waals surface area contributed by atoms with Gasteiger partial charge in [0.15, 0.2) is 0 Å². The lowest BCUT2D eigenvalue weighted by molar-refractivity contribution is -0.384. The molecule has 4 rings (SSSR count). The molecule has 0 fully saturated rings. The van der Waals surface area contributed by atoms with Crippen LogP contribution in [0.2, 0.25) is 0 Å². The van der Waals surface area contributed by atoms with Gasteiger partial charge in [-0.1, -0.05) is 0 Å².